The van der Waals surface area contributed by atoms with Crippen molar-refractivity contribution in [2.24, 2.45) is 4.99 Å². The summed E-state index contributed by atoms with van der Waals surface area (Å²) in [5.41, 5.74) is 0. The Morgan fingerprint density at radius 3 is 2.25 bits per heavy atom. The van der Waals surface area contributed by atoms with Crippen molar-refractivity contribution in [2.45, 2.75) is 13.8 Å². The molecule has 0 saturated heterocycles. The van der Waals surface area contributed by atoms with Gasteiger partial charge >= 0.3 is 0 Å². The molecule has 0 aromatic heterocycles. The standard InChI is InChI=1S/C9H15FN2/c1-5-8(10)9(11-4)12(6-2)7-3/h5H,1,4,6-7H2,2-3H3/b9-8-. The first-order valence-corrected chi connectivity index (χ1v) is 3.95. The fraction of sp³-hybridized carbons (Fsp3) is 0.444. The lowest BCUT2D eigenvalue weighted by Gasteiger charge is -2.20. The highest BCUT2D eigenvalue weighted by atomic mass is 19.1. The minimum atomic E-state index is -0.423. The van der Waals surface area contributed by atoms with Crippen LogP contribution in [0.5, 0.6) is 0 Å². The molecule has 0 aromatic rings. The van der Waals surface area contributed by atoms with Gasteiger partial charge in [0.05, 0.1) is 0 Å². The summed E-state index contributed by atoms with van der Waals surface area (Å²) in [4.78, 5) is 5.39. The molecule has 0 aromatic carbocycles. The normalized spacial score (nSPS) is 11.9. The van der Waals surface area contributed by atoms with Crippen molar-refractivity contribution in [1.82, 2.24) is 4.90 Å². The lowest BCUT2D eigenvalue weighted by atomic mass is 10.4. The Labute approximate surface area is 73.1 Å². The van der Waals surface area contributed by atoms with Gasteiger partial charge in [-0.25, -0.2) is 9.38 Å². The second kappa shape index (κ2) is 5.52. The Morgan fingerprint density at radius 2 is 2.00 bits per heavy atom. The zero-order chi connectivity index (χ0) is 9.56. The Bertz CT molecular complexity index is 193. The third kappa shape index (κ3) is 2.49. The molecule has 68 valence electrons. The maximum atomic E-state index is 13.0. The van der Waals surface area contributed by atoms with Crippen LogP contribution in [0.25, 0.3) is 0 Å². The van der Waals surface area contributed by atoms with E-state index >= 15 is 0 Å². The van der Waals surface area contributed by atoms with E-state index in [1.54, 1.807) is 4.90 Å². The van der Waals surface area contributed by atoms with Gasteiger partial charge in [0.1, 0.15) is 0 Å². The molecule has 0 atom stereocenters. The molecule has 3 heteroatoms. The fourth-order valence-corrected chi connectivity index (χ4v) is 0.941. The summed E-state index contributed by atoms with van der Waals surface area (Å²) in [6.07, 6.45) is 1.14. The SMILES string of the molecule is C=C/C(F)=C(\N=C)N(CC)CC. The lowest BCUT2D eigenvalue weighted by Crippen LogP contribution is -2.21. The van der Waals surface area contributed by atoms with E-state index in [0.29, 0.717) is 13.1 Å². The Balaban J connectivity index is 4.73. The van der Waals surface area contributed by atoms with Gasteiger partial charge in [-0.15, -0.1) is 0 Å². The van der Waals surface area contributed by atoms with Gasteiger partial charge in [-0.2, -0.15) is 0 Å². The highest BCUT2D eigenvalue weighted by Gasteiger charge is 2.07. The van der Waals surface area contributed by atoms with Gasteiger partial charge in [0, 0.05) is 13.1 Å². The number of allylic oxidation sites excluding steroid dienone is 2. The molecule has 0 saturated carbocycles. The highest BCUT2D eigenvalue weighted by molar-refractivity contribution is 5.31. The molecule has 0 fully saturated rings. The fourth-order valence-electron chi connectivity index (χ4n) is 0.941. The molecule has 0 aliphatic rings. The summed E-state index contributed by atoms with van der Waals surface area (Å²) in [7, 11) is 0. The smallest absolute Gasteiger partial charge is 0.164 e. The summed E-state index contributed by atoms with van der Waals surface area (Å²) in [5.74, 6) is -0.149. The van der Waals surface area contributed by atoms with E-state index in [4.69, 9.17) is 0 Å². The zero-order valence-electron chi connectivity index (χ0n) is 7.68. The van der Waals surface area contributed by atoms with Gasteiger partial charge in [-0.3, -0.25) is 0 Å². The van der Waals surface area contributed by atoms with Crippen molar-refractivity contribution in [1.29, 1.82) is 0 Å². The Morgan fingerprint density at radius 1 is 1.50 bits per heavy atom. The maximum Gasteiger partial charge on any atom is 0.164 e. The van der Waals surface area contributed by atoms with E-state index in [1.165, 1.54) is 0 Å². The number of aliphatic imine (C=N–C) groups is 1. The van der Waals surface area contributed by atoms with Crippen LogP contribution in [0.2, 0.25) is 0 Å². The van der Waals surface area contributed by atoms with E-state index in [9.17, 15) is 4.39 Å². The van der Waals surface area contributed by atoms with Crippen molar-refractivity contribution in [3.63, 3.8) is 0 Å². The molecule has 0 spiro atoms. The second-order valence-electron chi connectivity index (χ2n) is 2.21. The van der Waals surface area contributed by atoms with E-state index in [-0.39, 0.29) is 5.82 Å². The predicted molar refractivity (Wildman–Crippen MR) is 50.8 cm³/mol. The first-order valence-electron chi connectivity index (χ1n) is 3.95. The van der Waals surface area contributed by atoms with E-state index in [2.05, 4.69) is 18.3 Å². The monoisotopic (exact) mass is 170 g/mol. The van der Waals surface area contributed by atoms with Crippen molar-refractivity contribution in [3.05, 3.63) is 24.3 Å². The van der Waals surface area contributed by atoms with Crippen LogP contribution < -0.4 is 0 Å². The summed E-state index contributed by atoms with van der Waals surface area (Å²) in [5, 5.41) is 0. The molecule has 0 bridgehead atoms. The zero-order valence-corrected chi connectivity index (χ0v) is 7.68. The molecule has 12 heavy (non-hydrogen) atoms. The summed E-state index contributed by atoms with van der Waals surface area (Å²) in [6.45, 7) is 11.9. The predicted octanol–water partition coefficient (Wildman–Crippen LogP) is 2.35. The van der Waals surface area contributed by atoms with Crippen LogP contribution in [0.4, 0.5) is 4.39 Å². The van der Waals surface area contributed by atoms with Crippen LogP contribution in [-0.2, 0) is 0 Å². The van der Waals surface area contributed by atoms with Crippen LogP contribution in [0, 0.1) is 0 Å². The van der Waals surface area contributed by atoms with Crippen LogP contribution in [0.15, 0.2) is 29.3 Å². The van der Waals surface area contributed by atoms with Crippen LogP contribution >= 0.6 is 0 Å². The highest BCUT2D eigenvalue weighted by Crippen LogP contribution is 2.12. The van der Waals surface area contributed by atoms with Gasteiger partial charge in [-0.1, -0.05) is 6.58 Å². The molecule has 0 unspecified atom stereocenters. The maximum absolute atomic E-state index is 13.0. The van der Waals surface area contributed by atoms with E-state index in [1.807, 2.05) is 13.8 Å². The van der Waals surface area contributed by atoms with E-state index in [0.717, 1.165) is 6.08 Å². The molecule has 0 N–H and O–H groups in total. The molecule has 0 rings (SSSR count). The van der Waals surface area contributed by atoms with Gasteiger partial charge < -0.3 is 4.90 Å². The van der Waals surface area contributed by atoms with Gasteiger partial charge in [0.2, 0.25) is 0 Å². The molecule has 0 aliphatic carbocycles. The number of hydrogen-bond acceptors (Lipinski definition) is 2. The largest absolute Gasteiger partial charge is 0.355 e. The molecule has 0 amide bonds. The number of halogens is 1. The number of hydrogen-bond donors (Lipinski definition) is 0. The van der Waals surface area contributed by atoms with Crippen molar-refractivity contribution < 1.29 is 4.39 Å². The van der Waals surface area contributed by atoms with Gasteiger partial charge in [-0.05, 0) is 26.6 Å². The third-order valence-corrected chi connectivity index (χ3v) is 1.61. The topological polar surface area (TPSA) is 15.6 Å². The number of nitrogens with zero attached hydrogens (tertiary/aromatic N) is 2. The van der Waals surface area contributed by atoms with Crippen LogP contribution in [0.1, 0.15) is 13.8 Å². The van der Waals surface area contributed by atoms with E-state index < -0.39 is 5.83 Å². The lowest BCUT2D eigenvalue weighted by molar-refractivity contribution is 0.364. The first-order chi connectivity index (χ1) is 5.71. The molecular formula is C9H15FN2. The summed E-state index contributed by atoms with van der Waals surface area (Å²) < 4.78 is 13.0. The third-order valence-electron chi connectivity index (χ3n) is 1.61. The van der Waals surface area contributed by atoms with Crippen LogP contribution in [-0.4, -0.2) is 24.7 Å². The van der Waals surface area contributed by atoms with Gasteiger partial charge in [0.25, 0.3) is 0 Å². The van der Waals surface area contributed by atoms with Crippen molar-refractivity contribution in [3.8, 4) is 0 Å². The molecular weight excluding hydrogens is 155 g/mol. The minimum Gasteiger partial charge on any atom is -0.355 e. The van der Waals surface area contributed by atoms with Crippen molar-refractivity contribution in [2.75, 3.05) is 13.1 Å². The average molecular weight is 170 g/mol. The first kappa shape index (κ1) is 10.9. The van der Waals surface area contributed by atoms with Crippen molar-refractivity contribution >= 4 is 6.72 Å². The van der Waals surface area contributed by atoms with Crippen LogP contribution in [0.3, 0.4) is 0 Å². The average Bonchev–Trinajstić information content (AvgIpc) is 2.12. The number of rotatable bonds is 5. The Hall–Kier alpha value is -1.12. The minimum absolute atomic E-state index is 0.273. The Kier molecular flexibility index (Phi) is 5.00. The quantitative estimate of drug-likeness (QED) is 0.457. The molecule has 2 nitrogen and oxygen atoms in total. The molecule has 0 heterocycles. The summed E-state index contributed by atoms with van der Waals surface area (Å²) in [6, 6.07) is 0. The molecule has 0 radical (unpaired) electrons. The summed E-state index contributed by atoms with van der Waals surface area (Å²) >= 11 is 0. The molecule has 0 aliphatic heterocycles. The second-order valence-corrected chi connectivity index (χ2v) is 2.21. The van der Waals surface area contributed by atoms with Gasteiger partial charge in [0.15, 0.2) is 11.6 Å².